The minimum absolute atomic E-state index is 0.317. The summed E-state index contributed by atoms with van der Waals surface area (Å²) in [6, 6.07) is 9.41. The number of hydrogen-bond donors (Lipinski definition) is 0. The van der Waals surface area contributed by atoms with Crippen LogP contribution in [-0.4, -0.2) is 26.2 Å². The molecule has 2 aromatic heterocycles. The first kappa shape index (κ1) is 16.5. The van der Waals surface area contributed by atoms with E-state index in [1.807, 2.05) is 52.0 Å². The minimum Gasteiger partial charge on any atom is -0.443 e. The van der Waals surface area contributed by atoms with Gasteiger partial charge in [-0.25, -0.2) is 19.3 Å². The van der Waals surface area contributed by atoms with Crippen molar-refractivity contribution < 1.29 is 9.53 Å². The van der Waals surface area contributed by atoms with E-state index in [9.17, 15) is 4.79 Å². The second-order valence-electron chi connectivity index (χ2n) is 6.63. The lowest BCUT2D eigenvalue weighted by atomic mass is 10.2. The molecular weight excluding hydrogens is 326 g/mol. The Morgan fingerprint density at radius 1 is 1.17 bits per heavy atom. The Bertz CT molecular complexity index is 926. The normalized spacial score (nSPS) is 11.7. The first-order valence-electron chi connectivity index (χ1n) is 7.58. The molecule has 24 heavy (non-hydrogen) atoms. The van der Waals surface area contributed by atoms with Crippen LogP contribution in [0.5, 0.6) is 0 Å². The van der Waals surface area contributed by atoms with Crippen LogP contribution in [0.15, 0.2) is 36.7 Å². The summed E-state index contributed by atoms with van der Waals surface area (Å²) < 4.78 is 7.09. The summed E-state index contributed by atoms with van der Waals surface area (Å²) in [6.45, 7) is 7.51. The molecule has 0 aliphatic rings. The first-order valence-corrected chi connectivity index (χ1v) is 7.96. The zero-order valence-electron chi connectivity index (χ0n) is 14.0. The number of benzene rings is 1. The molecule has 0 saturated carbocycles. The number of aromatic nitrogens is 3. The molecule has 0 amide bonds. The maximum absolute atomic E-state index is 12.8. The molecule has 3 rings (SSSR count). The molecule has 0 N–H and O–H groups in total. The number of nitrogens with zero attached hydrogens (tertiary/aromatic N) is 3. The Morgan fingerprint density at radius 3 is 2.58 bits per heavy atom. The van der Waals surface area contributed by atoms with Crippen molar-refractivity contribution in [1.82, 2.24) is 14.5 Å². The van der Waals surface area contributed by atoms with Gasteiger partial charge in [-0.1, -0.05) is 23.2 Å². The van der Waals surface area contributed by atoms with Gasteiger partial charge in [-0.15, -0.1) is 0 Å². The average Bonchev–Trinajstić information content (AvgIpc) is 2.84. The maximum atomic E-state index is 12.8. The lowest BCUT2D eigenvalue weighted by Gasteiger charge is -2.21. The van der Waals surface area contributed by atoms with Crippen molar-refractivity contribution in [2.75, 3.05) is 0 Å². The highest BCUT2D eigenvalue weighted by Crippen LogP contribution is 2.29. The molecule has 0 unspecified atom stereocenters. The zero-order chi connectivity index (χ0) is 17.5. The molecule has 3 aromatic rings. The van der Waals surface area contributed by atoms with Crippen LogP contribution in [0.4, 0.5) is 4.79 Å². The third kappa shape index (κ3) is 3.26. The average molecular weight is 344 g/mol. The van der Waals surface area contributed by atoms with Crippen LogP contribution in [0.3, 0.4) is 0 Å². The third-order valence-corrected chi connectivity index (χ3v) is 3.64. The summed E-state index contributed by atoms with van der Waals surface area (Å²) in [5.41, 5.74) is 2.46. The Labute approximate surface area is 145 Å². The van der Waals surface area contributed by atoms with Gasteiger partial charge in [-0.2, -0.15) is 0 Å². The van der Waals surface area contributed by atoms with E-state index < -0.39 is 11.7 Å². The van der Waals surface area contributed by atoms with Gasteiger partial charge in [0.2, 0.25) is 0 Å². The monoisotopic (exact) mass is 343 g/mol. The molecule has 124 valence electrons. The Morgan fingerprint density at radius 2 is 1.92 bits per heavy atom. The fraction of sp³-hybridized carbons (Fsp3) is 0.278. The number of fused-ring (bicyclic) bond motifs is 1. The third-order valence-electron chi connectivity index (χ3n) is 3.43. The number of carbonyl (C=O) groups excluding carboxylic acids is 1. The SMILES string of the molecule is Cc1ccc2c(c1)cc(-c1cc(Cl)ncn1)n2C(=O)OC(C)(C)C. The minimum atomic E-state index is -0.598. The van der Waals surface area contributed by atoms with Crippen LogP contribution in [0.25, 0.3) is 22.3 Å². The van der Waals surface area contributed by atoms with Crippen molar-refractivity contribution in [1.29, 1.82) is 0 Å². The molecular formula is C18H18ClN3O2. The van der Waals surface area contributed by atoms with Crippen LogP contribution < -0.4 is 0 Å². The molecule has 0 saturated heterocycles. The van der Waals surface area contributed by atoms with Gasteiger partial charge in [0, 0.05) is 11.5 Å². The van der Waals surface area contributed by atoms with Crippen molar-refractivity contribution in [2.45, 2.75) is 33.3 Å². The van der Waals surface area contributed by atoms with Crippen LogP contribution in [0, 0.1) is 6.92 Å². The summed E-state index contributed by atoms with van der Waals surface area (Å²) in [7, 11) is 0. The maximum Gasteiger partial charge on any atom is 0.419 e. The quantitative estimate of drug-likeness (QED) is 0.593. The highest BCUT2D eigenvalue weighted by molar-refractivity contribution is 6.29. The summed E-state index contributed by atoms with van der Waals surface area (Å²) in [5, 5.41) is 1.25. The molecule has 0 fully saturated rings. The second-order valence-corrected chi connectivity index (χ2v) is 7.02. The molecule has 0 spiro atoms. The summed E-state index contributed by atoms with van der Waals surface area (Å²) in [4.78, 5) is 20.9. The van der Waals surface area contributed by atoms with Gasteiger partial charge >= 0.3 is 6.09 Å². The standard InChI is InChI=1S/C18H18ClN3O2/c1-11-5-6-14-12(7-11)8-15(13-9-16(19)21-10-20-13)22(14)17(23)24-18(2,3)4/h5-10H,1-4H3. The molecule has 1 aromatic carbocycles. The lowest BCUT2D eigenvalue weighted by Crippen LogP contribution is -2.27. The highest BCUT2D eigenvalue weighted by atomic mass is 35.5. The molecule has 0 aliphatic carbocycles. The first-order chi connectivity index (χ1) is 11.2. The van der Waals surface area contributed by atoms with Crippen LogP contribution in [-0.2, 0) is 4.74 Å². The predicted molar refractivity (Wildman–Crippen MR) is 94.3 cm³/mol. The predicted octanol–water partition coefficient (Wildman–Crippen LogP) is 4.84. The number of rotatable bonds is 1. The van der Waals surface area contributed by atoms with Gasteiger partial charge in [-0.3, -0.25) is 0 Å². The van der Waals surface area contributed by atoms with E-state index in [2.05, 4.69) is 9.97 Å². The van der Waals surface area contributed by atoms with Crippen LogP contribution in [0.1, 0.15) is 26.3 Å². The molecule has 2 heterocycles. The van der Waals surface area contributed by atoms with Gasteiger partial charge < -0.3 is 4.74 Å². The van der Waals surface area contributed by atoms with E-state index in [4.69, 9.17) is 16.3 Å². The van der Waals surface area contributed by atoms with Gasteiger partial charge in [0.1, 0.15) is 17.1 Å². The molecule has 0 aliphatic heterocycles. The molecule has 0 bridgehead atoms. The molecule has 0 atom stereocenters. The van der Waals surface area contributed by atoms with Gasteiger partial charge in [0.25, 0.3) is 0 Å². The highest BCUT2D eigenvalue weighted by Gasteiger charge is 2.23. The largest absolute Gasteiger partial charge is 0.443 e. The number of carbonyl (C=O) groups is 1. The van der Waals surface area contributed by atoms with E-state index in [0.717, 1.165) is 16.5 Å². The van der Waals surface area contributed by atoms with Crippen LogP contribution in [0.2, 0.25) is 5.15 Å². The Balaban J connectivity index is 2.24. The summed E-state index contributed by atoms with van der Waals surface area (Å²) in [6.07, 6.45) is 0.922. The van der Waals surface area contributed by atoms with Crippen molar-refractivity contribution in [3.05, 3.63) is 47.4 Å². The zero-order valence-corrected chi connectivity index (χ0v) is 14.8. The smallest absolute Gasteiger partial charge is 0.419 e. The van der Waals surface area contributed by atoms with E-state index in [1.54, 1.807) is 6.07 Å². The summed E-state index contributed by atoms with van der Waals surface area (Å²) in [5.74, 6) is 0. The number of ether oxygens (including phenoxy) is 1. The van der Waals surface area contributed by atoms with Crippen molar-refractivity contribution in [3.63, 3.8) is 0 Å². The Kier molecular flexibility index (Phi) is 4.05. The summed E-state index contributed by atoms with van der Waals surface area (Å²) >= 11 is 5.98. The lowest BCUT2D eigenvalue weighted by molar-refractivity contribution is 0.0547. The van der Waals surface area contributed by atoms with E-state index in [0.29, 0.717) is 16.5 Å². The number of halogens is 1. The molecule has 5 nitrogen and oxygen atoms in total. The van der Waals surface area contributed by atoms with E-state index >= 15 is 0 Å². The fourth-order valence-corrected chi connectivity index (χ4v) is 2.65. The van der Waals surface area contributed by atoms with Crippen molar-refractivity contribution in [2.24, 2.45) is 0 Å². The van der Waals surface area contributed by atoms with E-state index in [-0.39, 0.29) is 0 Å². The van der Waals surface area contributed by atoms with Crippen molar-refractivity contribution >= 4 is 28.6 Å². The van der Waals surface area contributed by atoms with Gasteiger partial charge in [-0.05, 0) is 45.9 Å². The van der Waals surface area contributed by atoms with Crippen molar-refractivity contribution in [3.8, 4) is 11.4 Å². The van der Waals surface area contributed by atoms with E-state index in [1.165, 1.54) is 10.9 Å². The van der Waals surface area contributed by atoms with Gasteiger partial charge in [0.05, 0.1) is 16.9 Å². The van der Waals surface area contributed by atoms with Gasteiger partial charge in [0.15, 0.2) is 0 Å². The molecule has 0 radical (unpaired) electrons. The topological polar surface area (TPSA) is 57.0 Å². The molecule has 6 heteroatoms. The second kappa shape index (κ2) is 5.91. The fourth-order valence-electron chi connectivity index (χ4n) is 2.50. The Hall–Kier alpha value is -2.40. The number of aryl methyl sites for hydroxylation is 1. The van der Waals surface area contributed by atoms with Crippen LogP contribution >= 0.6 is 11.6 Å². The number of hydrogen-bond acceptors (Lipinski definition) is 4.